The number of ketones is 1. The highest BCUT2D eigenvalue weighted by Gasteiger charge is 2.64. The molecule has 0 radical (unpaired) electrons. The summed E-state index contributed by atoms with van der Waals surface area (Å²) in [5, 5.41) is 14.8. The number of hydrogen-bond donors (Lipinski definition) is 2. The summed E-state index contributed by atoms with van der Waals surface area (Å²) >= 11 is 0. The zero-order valence-corrected chi connectivity index (χ0v) is 25.0. The molecule has 1 aliphatic heterocycles. The molecule has 1 aromatic carbocycles. The average molecular weight is 534 g/mol. The molecule has 4 saturated carbocycles. The molecule has 4 heteroatoms. The van der Waals surface area contributed by atoms with E-state index in [4.69, 9.17) is 0 Å². The Morgan fingerprint density at radius 3 is 2.46 bits per heavy atom. The van der Waals surface area contributed by atoms with Crippen molar-refractivity contribution >= 4 is 17.4 Å². The standard InChI is InChI=1S/C35H51NO3/c1-21(2)9-8-10-22(3)25-15-16-26-24-14-13-23-19-31(37)29(20-34(23,5)27(24)17-18-33(25,26)4)35(39)28-11-6-7-12-30(28)36-32(35)38/h6-7,11-12,21-27,29,39H,8-10,13-20H2,1-5H3,(H,36,38)/t22-,23-,24+,25-,26+,27+,29+,33-,34+,35-/m1/s1. The topological polar surface area (TPSA) is 66.4 Å². The number of para-hydroxylation sites is 1. The highest BCUT2D eigenvalue weighted by molar-refractivity contribution is 6.08. The number of Topliss-reactive ketones (excluding diaryl/α,β-unsaturated/α-hetero) is 1. The minimum Gasteiger partial charge on any atom is -0.375 e. The second-order valence-electron chi connectivity index (χ2n) is 15.4. The van der Waals surface area contributed by atoms with E-state index in [1.165, 1.54) is 51.4 Å². The van der Waals surface area contributed by atoms with E-state index in [1.54, 1.807) is 0 Å². The van der Waals surface area contributed by atoms with Gasteiger partial charge < -0.3 is 10.4 Å². The van der Waals surface area contributed by atoms with E-state index in [0.717, 1.165) is 30.1 Å². The van der Waals surface area contributed by atoms with Crippen LogP contribution in [0, 0.1) is 58.2 Å². The first-order valence-electron chi connectivity index (χ1n) is 16.2. The van der Waals surface area contributed by atoms with Gasteiger partial charge in [0, 0.05) is 17.7 Å². The molecule has 39 heavy (non-hydrogen) atoms. The van der Waals surface area contributed by atoms with Crippen LogP contribution < -0.4 is 5.32 Å². The number of benzene rings is 1. The van der Waals surface area contributed by atoms with Gasteiger partial charge >= 0.3 is 0 Å². The molecule has 0 bridgehead atoms. The van der Waals surface area contributed by atoms with E-state index in [2.05, 4.69) is 39.9 Å². The molecular formula is C35H51NO3. The summed E-state index contributed by atoms with van der Waals surface area (Å²) in [6.45, 7) is 12.3. The highest BCUT2D eigenvalue weighted by Crippen LogP contribution is 2.69. The smallest absolute Gasteiger partial charge is 0.261 e. The maximum atomic E-state index is 13.6. The molecule has 1 aromatic rings. The number of aliphatic hydroxyl groups is 1. The summed E-state index contributed by atoms with van der Waals surface area (Å²) in [7, 11) is 0. The van der Waals surface area contributed by atoms with Crippen LogP contribution in [0.5, 0.6) is 0 Å². The number of rotatable bonds is 6. The van der Waals surface area contributed by atoms with Crippen molar-refractivity contribution in [1.29, 1.82) is 0 Å². The van der Waals surface area contributed by atoms with Gasteiger partial charge in [0.25, 0.3) is 5.91 Å². The number of amides is 1. The zero-order valence-electron chi connectivity index (χ0n) is 25.0. The molecule has 0 unspecified atom stereocenters. The number of fused-ring (bicyclic) bond motifs is 6. The maximum absolute atomic E-state index is 13.6. The van der Waals surface area contributed by atoms with Crippen molar-refractivity contribution in [2.75, 3.05) is 5.32 Å². The van der Waals surface area contributed by atoms with Crippen molar-refractivity contribution in [1.82, 2.24) is 0 Å². The Balaban J connectivity index is 1.24. The molecule has 1 heterocycles. The van der Waals surface area contributed by atoms with Crippen molar-refractivity contribution in [2.24, 2.45) is 58.2 Å². The van der Waals surface area contributed by atoms with Crippen LogP contribution in [0.4, 0.5) is 5.69 Å². The normalized spacial score (nSPS) is 43.9. The Morgan fingerprint density at radius 1 is 0.949 bits per heavy atom. The number of carbonyl (C=O) groups is 2. The van der Waals surface area contributed by atoms with E-state index in [-0.39, 0.29) is 11.2 Å². The Labute approximate surface area is 236 Å². The van der Waals surface area contributed by atoms with Gasteiger partial charge in [-0.05, 0) is 103 Å². The first-order valence-corrected chi connectivity index (χ1v) is 16.2. The van der Waals surface area contributed by atoms with Crippen molar-refractivity contribution in [2.45, 2.75) is 111 Å². The third-order valence-corrected chi connectivity index (χ3v) is 13.2. The van der Waals surface area contributed by atoms with Crippen molar-refractivity contribution in [3.8, 4) is 0 Å². The Hall–Kier alpha value is -1.68. The molecule has 4 aliphatic carbocycles. The molecule has 214 valence electrons. The van der Waals surface area contributed by atoms with Crippen molar-refractivity contribution in [3.63, 3.8) is 0 Å². The van der Waals surface area contributed by atoms with Crippen molar-refractivity contribution < 1.29 is 14.7 Å². The number of hydrogen-bond acceptors (Lipinski definition) is 3. The fourth-order valence-corrected chi connectivity index (χ4v) is 11.1. The third-order valence-electron chi connectivity index (χ3n) is 13.2. The maximum Gasteiger partial charge on any atom is 0.261 e. The first kappa shape index (κ1) is 27.5. The molecular weight excluding hydrogens is 482 g/mol. The number of carbonyl (C=O) groups excluding carboxylic acids is 2. The van der Waals surface area contributed by atoms with Crippen LogP contribution in [-0.2, 0) is 15.2 Å². The first-order chi connectivity index (χ1) is 18.5. The lowest BCUT2D eigenvalue weighted by Crippen LogP contribution is -2.58. The average Bonchev–Trinajstić information content (AvgIpc) is 3.38. The van der Waals surface area contributed by atoms with Crippen LogP contribution in [0.25, 0.3) is 0 Å². The molecule has 1 amide bonds. The Bertz CT molecular complexity index is 1130. The van der Waals surface area contributed by atoms with Crippen LogP contribution in [0.1, 0.15) is 111 Å². The predicted octanol–water partition coefficient (Wildman–Crippen LogP) is 7.74. The van der Waals surface area contributed by atoms with Crippen LogP contribution in [0.2, 0.25) is 0 Å². The molecule has 0 saturated heterocycles. The number of anilines is 1. The fraction of sp³-hybridized carbons (Fsp3) is 0.771. The van der Waals surface area contributed by atoms with Gasteiger partial charge in [-0.1, -0.05) is 72.1 Å². The zero-order chi connectivity index (χ0) is 27.7. The van der Waals surface area contributed by atoms with Gasteiger partial charge in [-0.15, -0.1) is 0 Å². The molecule has 2 N–H and O–H groups in total. The largest absolute Gasteiger partial charge is 0.375 e. The van der Waals surface area contributed by atoms with Crippen molar-refractivity contribution in [3.05, 3.63) is 29.8 Å². The predicted molar refractivity (Wildman–Crippen MR) is 156 cm³/mol. The SMILES string of the molecule is CC(C)CCC[C@@H](C)[C@H]1CC[C@H]2[C@@H]3CC[C@@H]4CC(=O)[C@@H]([C@@]5(O)C(=O)Nc6ccccc65)C[C@]4(C)[C@H]3CC[C@]12C. The van der Waals surface area contributed by atoms with Gasteiger partial charge in [-0.25, -0.2) is 0 Å². The van der Waals surface area contributed by atoms with Gasteiger partial charge in [-0.2, -0.15) is 0 Å². The number of nitrogens with one attached hydrogen (secondary N) is 1. The summed E-state index contributed by atoms with van der Waals surface area (Å²) in [5.74, 6) is 3.89. The molecule has 0 aromatic heterocycles. The van der Waals surface area contributed by atoms with Gasteiger partial charge in [0.15, 0.2) is 5.60 Å². The molecule has 4 fully saturated rings. The second kappa shape index (κ2) is 9.71. The Morgan fingerprint density at radius 2 is 1.69 bits per heavy atom. The van der Waals surface area contributed by atoms with Gasteiger partial charge in [0.2, 0.25) is 0 Å². The molecule has 0 spiro atoms. The minimum absolute atomic E-state index is 0.00264. The summed E-state index contributed by atoms with van der Waals surface area (Å²) in [6.07, 6.45) is 12.9. The van der Waals surface area contributed by atoms with Gasteiger partial charge in [0.1, 0.15) is 5.78 Å². The van der Waals surface area contributed by atoms with E-state index < -0.39 is 17.4 Å². The van der Waals surface area contributed by atoms with E-state index >= 15 is 0 Å². The van der Waals surface area contributed by atoms with Gasteiger partial charge in [-0.3, -0.25) is 9.59 Å². The van der Waals surface area contributed by atoms with Crippen LogP contribution in [-0.4, -0.2) is 16.8 Å². The van der Waals surface area contributed by atoms with E-state index in [9.17, 15) is 14.7 Å². The molecule has 10 atom stereocenters. The minimum atomic E-state index is -1.75. The van der Waals surface area contributed by atoms with Crippen LogP contribution >= 0.6 is 0 Å². The lowest BCUT2D eigenvalue weighted by molar-refractivity contribution is -0.171. The molecule has 4 nitrogen and oxygen atoms in total. The summed E-state index contributed by atoms with van der Waals surface area (Å²) in [5.41, 5.74) is -0.0731. The second-order valence-corrected chi connectivity index (χ2v) is 15.4. The summed E-state index contributed by atoms with van der Waals surface area (Å²) < 4.78 is 0. The molecule has 5 aliphatic rings. The Kier molecular flexibility index (Phi) is 6.84. The highest BCUT2D eigenvalue weighted by atomic mass is 16.3. The van der Waals surface area contributed by atoms with Crippen LogP contribution in [0.15, 0.2) is 24.3 Å². The third kappa shape index (κ3) is 4.09. The van der Waals surface area contributed by atoms with Gasteiger partial charge in [0.05, 0.1) is 5.92 Å². The lowest BCUT2D eigenvalue weighted by atomic mass is 9.43. The fourth-order valence-electron chi connectivity index (χ4n) is 11.1. The summed E-state index contributed by atoms with van der Waals surface area (Å²) in [4.78, 5) is 26.9. The van der Waals surface area contributed by atoms with Crippen LogP contribution in [0.3, 0.4) is 0 Å². The quantitative estimate of drug-likeness (QED) is 0.393. The summed E-state index contributed by atoms with van der Waals surface area (Å²) in [6, 6.07) is 7.39. The van der Waals surface area contributed by atoms with E-state index in [0.29, 0.717) is 47.3 Å². The molecule has 6 rings (SSSR count). The van der Waals surface area contributed by atoms with E-state index in [1.807, 2.05) is 24.3 Å². The lowest BCUT2D eigenvalue weighted by Gasteiger charge is -2.62. The monoisotopic (exact) mass is 533 g/mol.